The molecular formula is C12H17NO3. The largest absolute Gasteiger partial charge is 0.480 e. The van der Waals surface area contributed by atoms with Gasteiger partial charge in [0.25, 0.3) is 0 Å². The van der Waals surface area contributed by atoms with Crippen LogP contribution in [0, 0.1) is 5.92 Å². The molecule has 3 unspecified atom stereocenters. The van der Waals surface area contributed by atoms with E-state index in [0.29, 0.717) is 12.5 Å². The highest BCUT2D eigenvalue weighted by Gasteiger charge is 2.36. The molecule has 1 aliphatic carbocycles. The summed E-state index contributed by atoms with van der Waals surface area (Å²) >= 11 is 0. The van der Waals surface area contributed by atoms with Crippen molar-refractivity contribution >= 4 is 5.97 Å². The minimum atomic E-state index is -0.845. The fourth-order valence-corrected chi connectivity index (χ4v) is 1.75. The summed E-state index contributed by atoms with van der Waals surface area (Å²) in [5.41, 5.74) is 0. The molecule has 1 aromatic rings. The molecule has 2 rings (SSSR count). The van der Waals surface area contributed by atoms with Crippen molar-refractivity contribution in [2.45, 2.75) is 38.8 Å². The van der Waals surface area contributed by atoms with Crippen molar-refractivity contribution in [2.24, 2.45) is 5.92 Å². The van der Waals surface area contributed by atoms with Crippen molar-refractivity contribution < 1.29 is 14.3 Å². The third kappa shape index (κ3) is 2.44. The van der Waals surface area contributed by atoms with E-state index in [9.17, 15) is 4.79 Å². The van der Waals surface area contributed by atoms with E-state index in [1.165, 1.54) is 6.42 Å². The number of furan rings is 1. The first kappa shape index (κ1) is 11.2. The van der Waals surface area contributed by atoms with Gasteiger partial charge in [0.1, 0.15) is 17.6 Å². The van der Waals surface area contributed by atoms with Gasteiger partial charge in [-0.25, -0.2) is 0 Å². The lowest BCUT2D eigenvalue weighted by atomic mass is 10.3. The van der Waals surface area contributed by atoms with Gasteiger partial charge in [-0.15, -0.1) is 0 Å². The van der Waals surface area contributed by atoms with Gasteiger partial charge in [0, 0.05) is 5.92 Å². The van der Waals surface area contributed by atoms with Crippen molar-refractivity contribution in [2.75, 3.05) is 0 Å². The summed E-state index contributed by atoms with van der Waals surface area (Å²) in [5.74, 6) is 2.30. The Morgan fingerprint density at radius 1 is 1.69 bits per heavy atom. The Bertz CT molecular complexity index is 385. The Morgan fingerprint density at radius 3 is 2.94 bits per heavy atom. The van der Waals surface area contributed by atoms with Crippen molar-refractivity contribution in [1.82, 2.24) is 5.32 Å². The van der Waals surface area contributed by atoms with E-state index >= 15 is 0 Å². The van der Waals surface area contributed by atoms with Gasteiger partial charge in [0.05, 0.1) is 6.54 Å². The standard InChI is InChI=1S/C12H17NO3/c1-7-5-10(7)11-4-3-9(16-11)6-13-8(2)12(14)15/h3-4,7-8,10,13H,5-6H2,1-2H3,(H,14,15). The van der Waals surface area contributed by atoms with E-state index < -0.39 is 12.0 Å². The molecule has 4 heteroatoms. The molecule has 0 radical (unpaired) electrons. The van der Waals surface area contributed by atoms with Gasteiger partial charge < -0.3 is 9.52 Å². The maximum atomic E-state index is 10.6. The van der Waals surface area contributed by atoms with Crippen LogP contribution in [0.3, 0.4) is 0 Å². The zero-order valence-electron chi connectivity index (χ0n) is 9.56. The van der Waals surface area contributed by atoms with Crippen LogP contribution in [0.15, 0.2) is 16.5 Å². The Balaban J connectivity index is 1.86. The van der Waals surface area contributed by atoms with Crippen LogP contribution in [0.2, 0.25) is 0 Å². The molecule has 1 saturated carbocycles. The summed E-state index contributed by atoms with van der Waals surface area (Å²) in [5, 5.41) is 11.6. The first-order chi connectivity index (χ1) is 7.58. The predicted molar refractivity (Wildman–Crippen MR) is 59.2 cm³/mol. The monoisotopic (exact) mass is 223 g/mol. The number of carbonyl (C=O) groups is 1. The first-order valence-corrected chi connectivity index (χ1v) is 5.62. The Labute approximate surface area is 94.6 Å². The molecule has 0 amide bonds. The van der Waals surface area contributed by atoms with Crippen LogP contribution in [0.4, 0.5) is 0 Å². The van der Waals surface area contributed by atoms with E-state index in [-0.39, 0.29) is 0 Å². The van der Waals surface area contributed by atoms with Crippen LogP contribution >= 0.6 is 0 Å². The minimum absolute atomic E-state index is 0.467. The molecule has 0 aliphatic heterocycles. The van der Waals surface area contributed by atoms with Crippen LogP contribution in [0.1, 0.15) is 37.7 Å². The summed E-state index contributed by atoms with van der Waals surface area (Å²) < 4.78 is 5.65. The van der Waals surface area contributed by atoms with Gasteiger partial charge in [0.15, 0.2) is 0 Å². The summed E-state index contributed by atoms with van der Waals surface area (Å²) in [6, 6.07) is 3.37. The number of aliphatic carboxylic acids is 1. The topological polar surface area (TPSA) is 62.5 Å². The second-order valence-corrected chi connectivity index (χ2v) is 4.56. The molecule has 2 N–H and O–H groups in total. The van der Waals surface area contributed by atoms with Crippen molar-refractivity contribution in [3.05, 3.63) is 23.7 Å². The van der Waals surface area contributed by atoms with Crippen LogP contribution in [-0.2, 0) is 11.3 Å². The second-order valence-electron chi connectivity index (χ2n) is 4.56. The highest BCUT2D eigenvalue weighted by Crippen LogP contribution is 2.47. The van der Waals surface area contributed by atoms with Gasteiger partial charge in [-0.3, -0.25) is 10.1 Å². The van der Waals surface area contributed by atoms with Gasteiger partial charge in [-0.05, 0) is 31.4 Å². The number of rotatable bonds is 5. The number of carboxylic acid groups (broad SMARTS) is 1. The van der Waals surface area contributed by atoms with Gasteiger partial charge in [0.2, 0.25) is 0 Å². The quantitative estimate of drug-likeness (QED) is 0.801. The third-order valence-electron chi connectivity index (χ3n) is 3.11. The van der Waals surface area contributed by atoms with E-state index in [4.69, 9.17) is 9.52 Å². The molecule has 1 aliphatic rings. The minimum Gasteiger partial charge on any atom is -0.480 e. The number of hydrogen-bond acceptors (Lipinski definition) is 3. The molecule has 1 heterocycles. The smallest absolute Gasteiger partial charge is 0.320 e. The van der Waals surface area contributed by atoms with Crippen LogP contribution in [0.5, 0.6) is 0 Å². The molecule has 0 saturated heterocycles. The van der Waals surface area contributed by atoms with E-state index in [1.54, 1.807) is 6.92 Å². The van der Waals surface area contributed by atoms with Crippen LogP contribution in [-0.4, -0.2) is 17.1 Å². The molecule has 1 aromatic heterocycles. The molecule has 88 valence electrons. The molecule has 4 nitrogen and oxygen atoms in total. The number of carboxylic acids is 1. The molecule has 0 bridgehead atoms. The highest BCUT2D eigenvalue weighted by atomic mass is 16.4. The fourth-order valence-electron chi connectivity index (χ4n) is 1.75. The molecule has 3 atom stereocenters. The third-order valence-corrected chi connectivity index (χ3v) is 3.11. The Kier molecular flexibility index (Phi) is 3.01. The molecule has 1 fully saturated rings. The number of nitrogens with one attached hydrogen (secondary N) is 1. The first-order valence-electron chi connectivity index (χ1n) is 5.62. The molecule has 16 heavy (non-hydrogen) atoms. The highest BCUT2D eigenvalue weighted by molar-refractivity contribution is 5.72. The Morgan fingerprint density at radius 2 is 2.38 bits per heavy atom. The van der Waals surface area contributed by atoms with E-state index in [1.807, 2.05) is 12.1 Å². The van der Waals surface area contributed by atoms with Gasteiger partial charge in [-0.2, -0.15) is 0 Å². The lowest BCUT2D eigenvalue weighted by Gasteiger charge is -2.06. The summed E-state index contributed by atoms with van der Waals surface area (Å²) in [6.07, 6.45) is 1.20. The predicted octanol–water partition coefficient (Wildman–Crippen LogP) is 1.97. The maximum absolute atomic E-state index is 10.6. The summed E-state index contributed by atoms with van der Waals surface area (Å²) in [4.78, 5) is 10.6. The van der Waals surface area contributed by atoms with Gasteiger partial charge in [-0.1, -0.05) is 6.92 Å². The molecule has 0 aromatic carbocycles. The lowest BCUT2D eigenvalue weighted by Crippen LogP contribution is -2.32. The van der Waals surface area contributed by atoms with E-state index in [2.05, 4.69) is 12.2 Å². The zero-order chi connectivity index (χ0) is 11.7. The summed E-state index contributed by atoms with van der Waals surface area (Å²) in [7, 11) is 0. The van der Waals surface area contributed by atoms with Crippen molar-refractivity contribution in [1.29, 1.82) is 0 Å². The van der Waals surface area contributed by atoms with E-state index in [0.717, 1.165) is 17.4 Å². The zero-order valence-corrected chi connectivity index (χ0v) is 9.56. The molecule has 0 spiro atoms. The fraction of sp³-hybridized carbons (Fsp3) is 0.583. The van der Waals surface area contributed by atoms with Crippen LogP contribution < -0.4 is 5.32 Å². The Hall–Kier alpha value is -1.29. The normalized spacial score (nSPS) is 25.4. The average Bonchev–Trinajstić information content (AvgIpc) is 2.80. The molecular weight excluding hydrogens is 206 g/mol. The average molecular weight is 223 g/mol. The van der Waals surface area contributed by atoms with Crippen molar-refractivity contribution in [3.8, 4) is 0 Å². The van der Waals surface area contributed by atoms with Gasteiger partial charge >= 0.3 is 5.97 Å². The summed E-state index contributed by atoms with van der Waals surface area (Å²) in [6.45, 7) is 4.29. The van der Waals surface area contributed by atoms with Crippen LogP contribution in [0.25, 0.3) is 0 Å². The lowest BCUT2D eigenvalue weighted by molar-refractivity contribution is -0.139. The SMILES string of the molecule is CC(NCc1ccc(C2CC2C)o1)C(=O)O. The second kappa shape index (κ2) is 4.29. The maximum Gasteiger partial charge on any atom is 0.320 e. The number of hydrogen-bond donors (Lipinski definition) is 2. The van der Waals surface area contributed by atoms with Crippen molar-refractivity contribution in [3.63, 3.8) is 0 Å².